The van der Waals surface area contributed by atoms with Gasteiger partial charge in [-0.1, -0.05) is 5.16 Å². The van der Waals surface area contributed by atoms with Crippen LogP contribution < -0.4 is 5.32 Å². The minimum atomic E-state index is 0.786. The average molecular weight is 380 g/mol. The van der Waals surface area contributed by atoms with E-state index in [0.29, 0.717) is 0 Å². The fraction of sp³-hybridized carbons (Fsp3) is 0.364. The molecule has 0 bridgehead atoms. The zero-order chi connectivity index (χ0) is 12.4. The molecule has 0 atom stereocenters. The van der Waals surface area contributed by atoms with Crippen molar-refractivity contribution in [3.05, 3.63) is 36.2 Å². The molecule has 0 aliphatic rings. The summed E-state index contributed by atoms with van der Waals surface area (Å²) >= 11 is 8.70. The Balaban J connectivity index is 1.92. The minimum Gasteiger partial charge on any atom is -0.361 e. The quantitative estimate of drug-likeness (QED) is 0.866. The number of nitrogens with zero attached hydrogens (tertiary/aromatic N) is 1. The summed E-state index contributed by atoms with van der Waals surface area (Å²) in [6, 6.07) is 2.12. The third kappa shape index (κ3) is 3.19. The number of halogens is 2. The molecule has 0 aliphatic heterocycles. The van der Waals surface area contributed by atoms with Gasteiger partial charge in [0.15, 0.2) is 0 Å². The van der Waals surface area contributed by atoms with Gasteiger partial charge in [0.05, 0.1) is 9.48 Å². The maximum atomic E-state index is 5.12. The summed E-state index contributed by atoms with van der Waals surface area (Å²) in [5.41, 5.74) is 2.11. The van der Waals surface area contributed by atoms with E-state index in [9.17, 15) is 0 Å². The van der Waals surface area contributed by atoms with Crippen molar-refractivity contribution in [2.75, 3.05) is 0 Å². The standard InChI is InChI=1S/C11H12Br2N2OS/c1-6-9(7(2)16-15-6)5-14-4-8-3-10(12)11(13)17-8/h3,14H,4-5H2,1-2H3. The van der Waals surface area contributed by atoms with Gasteiger partial charge in [-0.05, 0) is 51.8 Å². The number of hydrogen-bond donors (Lipinski definition) is 1. The van der Waals surface area contributed by atoms with Crippen LogP contribution in [0, 0.1) is 13.8 Å². The van der Waals surface area contributed by atoms with Crippen molar-refractivity contribution in [2.45, 2.75) is 26.9 Å². The van der Waals surface area contributed by atoms with Gasteiger partial charge in [-0.2, -0.15) is 0 Å². The zero-order valence-corrected chi connectivity index (χ0v) is 13.5. The van der Waals surface area contributed by atoms with Crippen LogP contribution in [0.15, 0.2) is 18.8 Å². The Morgan fingerprint density at radius 2 is 2.12 bits per heavy atom. The van der Waals surface area contributed by atoms with Gasteiger partial charge >= 0.3 is 0 Å². The fourth-order valence-electron chi connectivity index (χ4n) is 1.54. The molecule has 0 radical (unpaired) electrons. The molecule has 6 heteroatoms. The third-order valence-electron chi connectivity index (χ3n) is 2.48. The number of hydrogen-bond acceptors (Lipinski definition) is 4. The van der Waals surface area contributed by atoms with E-state index in [1.54, 1.807) is 11.3 Å². The molecule has 0 spiro atoms. The predicted octanol–water partition coefficient (Wildman–Crippen LogP) is 4.17. The molecule has 0 aliphatic carbocycles. The van der Waals surface area contributed by atoms with Crippen LogP contribution in [0.5, 0.6) is 0 Å². The highest BCUT2D eigenvalue weighted by molar-refractivity contribution is 9.13. The van der Waals surface area contributed by atoms with E-state index in [2.05, 4.69) is 48.4 Å². The van der Waals surface area contributed by atoms with Crippen LogP contribution >= 0.6 is 43.2 Å². The molecular weight excluding hydrogens is 368 g/mol. The summed E-state index contributed by atoms with van der Waals surface area (Å²) in [5.74, 6) is 0.892. The average Bonchev–Trinajstić information content (AvgIpc) is 2.75. The Labute approximate surface area is 121 Å². The van der Waals surface area contributed by atoms with Crippen LogP contribution in [0.3, 0.4) is 0 Å². The van der Waals surface area contributed by atoms with Crippen LogP contribution in [-0.4, -0.2) is 5.16 Å². The SMILES string of the molecule is Cc1noc(C)c1CNCc1cc(Br)c(Br)s1. The molecule has 0 saturated carbocycles. The lowest BCUT2D eigenvalue weighted by atomic mass is 10.2. The molecule has 2 aromatic rings. The number of aromatic nitrogens is 1. The van der Waals surface area contributed by atoms with E-state index in [-0.39, 0.29) is 0 Å². The van der Waals surface area contributed by atoms with Gasteiger partial charge in [0.1, 0.15) is 5.76 Å². The van der Waals surface area contributed by atoms with Crippen LogP contribution in [0.4, 0.5) is 0 Å². The maximum Gasteiger partial charge on any atom is 0.138 e. The molecule has 0 unspecified atom stereocenters. The summed E-state index contributed by atoms with van der Waals surface area (Å²) in [4.78, 5) is 1.29. The van der Waals surface area contributed by atoms with Gasteiger partial charge in [0.25, 0.3) is 0 Å². The summed E-state index contributed by atoms with van der Waals surface area (Å²) in [5, 5.41) is 7.33. The van der Waals surface area contributed by atoms with Crippen LogP contribution in [0.25, 0.3) is 0 Å². The van der Waals surface area contributed by atoms with E-state index in [4.69, 9.17) is 4.52 Å². The fourth-order valence-corrected chi connectivity index (χ4v) is 3.69. The number of aryl methyl sites for hydroxylation is 2. The molecular formula is C11H12Br2N2OS. The van der Waals surface area contributed by atoms with Crippen LogP contribution in [0.1, 0.15) is 21.9 Å². The lowest BCUT2D eigenvalue weighted by Gasteiger charge is -2.02. The second-order valence-electron chi connectivity index (χ2n) is 3.74. The van der Waals surface area contributed by atoms with Crippen molar-refractivity contribution in [1.29, 1.82) is 0 Å². The molecule has 0 amide bonds. The Bertz CT molecular complexity index is 483. The third-order valence-corrected chi connectivity index (χ3v) is 5.73. The van der Waals surface area contributed by atoms with E-state index in [0.717, 1.165) is 38.4 Å². The molecule has 1 N–H and O–H groups in total. The Morgan fingerprint density at radius 3 is 2.65 bits per heavy atom. The molecule has 2 aromatic heterocycles. The van der Waals surface area contributed by atoms with Gasteiger partial charge in [-0.25, -0.2) is 0 Å². The Kier molecular flexibility index (Phi) is 4.41. The summed E-state index contributed by atoms with van der Waals surface area (Å²) in [7, 11) is 0. The number of thiophene rings is 1. The molecule has 0 fully saturated rings. The highest BCUT2D eigenvalue weighted by Gasteiger charge is 2.09. The lowest BCUT2D eigenvalue weighted by molar-refractivity contribution is 0.392. The lowest BCUT2D eigenvalue weighted by Crippen LogP contribution is -2.12. The number of nitrogens with one attached hydrogen (secondary N) is 1. The first-order valence-corrected chi connectivity index (χ1v) is 7.54. The molecule has 92 valence electrons. The largest absolute Gasteiger partial charge is 0.361 e. The smallest absolute Gasteiger partial charge is 0.138 e. The van der Waals surface area contributed by atoms with Crippen molar-refractivity contribution in [3.63, 3.8) is 0 Å². The van der Waals surface area contributed by atoms with Crippen molar-refractivity contribution in [2.24, 2.45) is 0 Å². The first kappa shape index (κ1) is 13.3. The second kappa shape index (κ2) is 5.65. The van der Waals surface area contributed by atoms with Gasteiger partial charge in [-0.15, -0.1) is 11.3 Å². The maximum absolute atomic E-state index is 5.12. The first-order valence-electron chi connectivity index (χ1n) is 5.14. The number of rotatable bonds is 4. The topological polar surface area (TPSA) is 38.1 Å². The highest BCUT2D eigenvalue weighted by atomic mass is 79.9. The molecule has 2 rings (SSSR count). The van der Waals surface area contributed by atoms with Crippen molar-refractivity contribution < 1.29 is 4.52 Å². The van der Waals surface area contributed by atoms with Gasteiger partial charge in [-0.3, -0.25) is 0 Å². The van der Waals surface area contributed by atoms with Gasteiger partial charge < -0.3 is 9.84 Å². The minimum absolute atomic E-state index is 0.786. The molecule has 17 heavy (non-hydrogen) atoms. The van der Waals surface area contributed by atoms with Crippen LogP contribution in [0.2, 0.25) is 0 Å². The summed E-state index contributed by atoms with van der Waals surface area (Å²) < 4.78 is 7.36. The van der Waals surface area contributed by atoms with E-state index in [1.165, 1.54) is 4.88 Å². The van der Waals surface area contributed by atoms with E-state index >= 15 is 0 Å². The van der Waals surface area contributed by atoms with Crippen molar-refractivity contribution >= 4 is 43.2 Å². The van der Waals surface area contributed by atoms with Crippen LogP contribution in [-0.2, 0) is 13.1 Å². The molecule has 0 saturated heterocycles. The first-order chi connectivity index (χ1) is 8.08. The van der Waals surface area contributed by atoms with E-state index < -0.39 is 0 Å². The highest BCUT2D eigenvalue weighted by Crippen LogP contribution is 2.32. The predicted molar refractivity (Wildman–Crippen MR) is 76.2 cm³/mol. The van der Waals surface area contributed by atoms with Gasteiger partial charge in [0.2, 0.25) is 0 Å². The Morgan fingerprint density at radius 1 is 1.35 bits per heavy atom. The molecule has 0 aromatic carbocycles. The van der Waals surface area contributed by atoms with Gasteiger partial charge in [0, 0.05) is 28.0 Å². The van der Waals surface area contributed by atoms with Crippen molar-refractivity contribution in [3.8, 4) is 0 Å². The molecule has 2 heterocycles. The summed E-state index contributed by atoms with van der Waals surface area (Å²) in [6.45, 7) is 5.54. The Hall–Kier alpha value is -0.170. The zero-order valence-electron chi connectivity index (χ0n) is 9.51. The summed E-state index contributed by atoms with van der Waals surface area (Å²) in [6.07, 6.45) is 0. The monoisotopic (exact) mass is 378 g/mol. The molecule has 3 nitrogen and oxygen atoms in total. The second-order valence-corrected chi connectivity index (χ2v) is 7.05. The van der Waals surface area contributed by atoms with Crippen molar-refractivity contribution in [1.82, 2.24) is 10.5 Å². The normalized spacial score (nSPS) is 11.1. The van der Waals surface area contributed by atoms with E-state index in [1.807, 2.05) is 13.8 Å².